The molecule has 0 saturated carbocycles. The number of rotatable bonds is 6. The molecule has 6 heterocycles. The number of aliphatic hydroxyl groups is 1. The van der Waals surface area contributed by atoms with Gasteiger partial charge in [-0.3, -0.25) is 9.88 Å². The van der Waals surface area contributed by atoms with Crippen LogP contribution in [0.3, 0.4) is 0 Å². The lowest BCUT2D eigenvalue weighted by Crippen LogP contribution is -2.45. The third-order valence-electron chi connectivity index (χ3n) is 10.6. The minimum Gasteiger partial charge on any atom is -0.508 e. The van der Waals surface area contributed by atoms with Gasteiger partial charge in [0.25, 0.3) is 0 Å². The van der Waals surface area contributed by atoms with Gasteiger partial charge in [-0.2, -0.15) is 9.97 Å². The molecule has 0 aliphatic carbocycles. The largest absolute Gasteiger partial charge is 0.508 e. The van der Waals surface area contributed by atoms with Gasteiger partial charge in [-0.15, -0.1) is 0 Å². The Hall–Kier alpha value is -3.70. The predicted molar refractivity (Wildman–Crippen MR) is 164 cm³/mol. The first-order chi connectivity index (χ1) is 21.7. The number of nitrogens with zero attached hydrogens (tertiary/aromatic N) is 5. The Kier molecular flexibility index (Phi) is 6.83. The Morgan fingerprint density at radius 2 is 1.91 bits per heavy atom. The van der Waals surface area contributed by atoms with E-state index in [-0.39, 0.29) is 47.2 Å². The number of fused-ring (bicyclic) bond motifs is 5. The first kappa shape index (κ1) is 28.8. The molecular formula is C34H36F3N5O3. The summed E-state index contributed by atoms with van der Waals surface area (Å²) in [6, 6.07) is 5.92. The average molecular weight is 620 g/mol. The lowest BCUT2D eigenvalue weighted by molar-refractivity contribution is 0.107. The monoisotopic (exact) mass is 619 g/mol. The molecule has 8 nitrogen and oxygen atoms in total. The number of anilines is 1. The molecule has 2 aromatic carbocycles. The van der Waals surface area contributed by atoms with E-state index in [0.29, 0.717) is 59.8 Å². The van der Waals surface area contributed by atoms with E-state index in [1.165, 1.54) is 18.2 Å². The quantitative estimate of drug-likeness (QED) is 0.278. The van der Waals surface area contributed by atoms with Crippen molar-refractivity contribution in [1.29, 1.82) is 0 Å². The second-order valence-electron chi connectivity index (χ2n) is 13.3. The van der Waals surface area contributed by atoms with Crippen LogP contribution in [-0.2, 0) is 6.42 Å². The highest BCUT2D eigenvalue weighted by Crippen LogP contribution is 2.44. The van der Waals surface area contributed by atoms with Crippen LogP contribution < -0.4 is 9.64 Å². The lowest BCUT2D eigenvalue weighted by atomic mass is 9.94. The SMILES string of the molecule is CCc1c(F)ccc2cc(O)cc(-c3ncc4c(N5[C@@H]6CC[C@H]5C[C@H](O)C6)nc(OCC56CCCN5C[C@H](F)C6)nc4c3F)c12. The molecule has 2 bridgehead atoms. The van der Waals surface area contributed by atoms with E-state index >= 15 is 4.39 Å². The number of aliphatic hydroxyl groups excluding tert-OH is 1. The molecule has 8 rings (SSSR count). The molecule has 4 saturated heterocycles. The molecule has 11 heteroatoms. The molecule has 4 fully saturated rings. The topological polar surface area (TPSA) is 94.8 Å². The third kappa shape index (κ3) is 4.61. The van der Waals surface area contributed by atoms with E-state index in [1.54, 1.807) is 12.3 Å². The number of benzene rings is 2. The van der Waals surface area contributed by atoms with Crippen molar-refractivity contribution in [3.05, 3.63) is 47.7 Å². The van der Waals surface area contributed by atoms with Crippen molar-refractivity contribution in [3.8, 4) is 23.0 Å². The Morgan fingerprint density at radius 1 is 1.11 bits per heavy atom. The summed E-state index contributed by atoms with van der Waals surface area (Å²) in [5.41, 5.74) is 0.183. The summed E-state index contributed by atoms with van der Waals surface area (Å²) >= 11 is 0. The van der Waals surface area contributed by atoms with E-state index in [4.69, 9.17) is 9.72 Å². The van der Waals surface area contributed by atoms with Gasteiger partial charge in [0.2, 0.25) is 0 Å². The zero-order valence-corrected chi connectivity index (χ0v) is 25.1. The number of piperidine rings is 1. The Balaban J connectivity index is 1.29. The van der Waals surface area contributed by atoms with Crippen LogP contribution in [0, 0.1) is 11.6 Å². The van der Waals surface area contributed by atoms with Crippen LogP contribution in [0.1, 0.15) is 57.4 Å². The third-order valence-corrected chi connectivity index (χ3v) is 10.6. The fourth-order valence-electron chi connectivity index (χ4n) is 8.64. The molecule has 2 aromatic heterocycles. The molecule has 0 spiro atoms. The molecule has 1 unspecified atom stereocenters. The predicted octanol–water partition coefficient (Wildman–Crippen LogP) is 5.84. The highest BCUT2D eigenvalue weighted by atomic mass is 19.1. The molecule has 45 heavy (non-hydrogen) atoms. The van der Waals surface area contributed by atoms with Crippen molar-refractivity contribution in [2.75, 3.05) is 24.6 Å². The lowest BCUT2D eigenvalue weighted by Gasteiger charge is -2.38. The fraction of sp³-hybridized carbons (Fsp3) is 0.500. The summed E-state index contributed by atoms with van der Waals surface area (Å²) < 4.78 is 52.5. The fourth-order valence-corrected chi connectivity index (χ4v) is 8.64. The van der Waals surface area contributed by atoms with E-state index < -0.39 is 29.4 Å². The number of ether oxygens (including phenoxy) is 1. The van der Waals surface area contributed by atoms with Gasteiger partial charge in [-0.25, -0.2) is 13.2 Å². The molecule has 0 radical (unpaired) electrons. The minimum atomic E-state index is -0.918. The van der Waals surface area contributed by atoms with Crippen molar-refractivity contribution in [2.24, 2.45) is 0 Å². The molecule has 236 valence electrons. The van der Waals surface area contributed by atoms with Crippen molar-refractivity contribution < 1.29 is 28.1 Å². The number of halogens is 3. The van der Waals surface area contributed by atoms with E-state index in [9.17, 15) is 19.0 Å². The summed E-state index contributed by atoms with van der Waals surface area (Å²) in [5, 5.41) is 22.5. The second kappa shape index (κ2) is 10.7. The van der Waals surface area contributed by atoms with Crippen LogP contribution in [0.2, 0.25) is 0 Å². The summed E-state index contributed by atoms with van der Waals surface area (Å²) in [6.07, 6.45) is 5.67. The van der Waals surface area contributed by atoms with Crippen molar-refractivity contribution in [1.82, 2.24) is 19.9 Å². The minimum absolute atomic E-state index is 0.00339. The highest BCUT2D eigenvalue weighted by Gasteiger charge is 2.49. The first-order valence-electron chi connectivity index (χ1n) is 16.0. The first-order valence-corrected chi connectivity index (χ1v) is 16.0. The second-order valence-corrected chi connectivity index (χ2v) is 13.3. The van der Waals surface area contributed by atoms with Crippen LogP contribution in [0.25, 0.3) is 32.9 Å². The van der Waals surface area contributed by atoms with Gasteiger partial charge in [-0.1, -0.05) is 13.0 Å². The molecule has 5 atom stereocenters. The van der Waals surface area contributed by atoms with Crippen molar-refractivity contribution in [3.63, 3.8) is 0 Å². The Bertz CT molecular complexity index is 1810. The van der Waals surface area contributed by atoms with Crippen molar-refractivity contribution in [2.45, 2.75) is 88.2 Å². The molecular weight excluding hydrogens is 583 g/mol. The summed E-state index contributed by atoms with van der Waals surface area (Å²) in [5.74, 6) is -0.728. The average Bonchev–Trinajstić information content (AvgIpc) is 3.63. The summed E-state index contributed by atoms with van der Waals surface area (Å²) in [6.45, 7) is 3.22. The molecule has 4 aliphatic heterocycles. The number of alkyl halides is 1. The van der Waals surface area contributed by atoms with E-state index in [1.807, 2.05) is 6.92 Å². The highest BCUT2D eigenvalue weighted by molar-refractivity contribution is 6.01. The number of hydrogen-bond acceptors (Lipinski definition) is 8. The van der Waals surface area contributed by atoms with Gasteiger partial charge in [0.1, 0.15) is 41.4 Å². The van der Waals surface area contributed by atoms with Gasteiger partial charge in [-0.05, 0) is 86.0 Å². The number of phenolic OH excluding ortho intramolecular Hbond substituents is 1. The van der Waals surface area contributed by atoms with Crippen molar-refractivity contribution >= 4 is 27.5 Å². The van der Waals surface area contributed by atoms with Crippen LogP contribution in [0.5, 0.6) is 11.8 Å². The van der Waals surface area contributed by atoms with E-state index in [2.05, 4.69) is 19.8 Å². The van der Waals surface area contributed by atoms with Crippen LogP contribution in [0.15, 0.2) is 30.5 Å². The molecule has 4 aliphatic rings. The van der Waals surface area contributed by atoms with Gasteiger partial charge in [0, 0.05) is 36.8 Å². The Morgan fingerprint density at radius 3 is 2.69 bits per heavy atom. The number of aryl methyl sites for hydroxylation is 1. The van der Waals surface area contributed by atoms with Gasteiger partial charge < -0.3 is 19.8 Å². The number of phenols is 1. The molecule has 0 amide bonds. The normalized spacial score (nSPS) is 28.0. The van der Waals surface area contributed by atoms with Gasteiger partial charge in [0.15, 0.2) is 5.82 Å². The van der Waals surface area contributed by atoms with Gasteiger partial charge in [0.05, 0.1) is 17.0 Å². The Labute approximate surface area is 258 Å². The maximum Gasteiger partial charge on any atom is 0.319 e. The standard InChI is InChI=1S/C34H36F3N5O3/c1-2-24-27(36)7-4-18-10-22(43)13-25(28(18)24)30-29(37)31-26(15-38-30)32(42-20-5-6-21(42)12-23(44)11-20)40-33(39-31)45-17-34-8-3-9-41(34)16-19(35)14-34/h4,7,10,13,15,19-21,23,43-44H,2-3,5-6,8-9,11-12,14,16-17H2,1H3/t19-,20-,21+,23-,34?/m1/s1. The number of aromatic nitrogens is 3. The van der Waals surface area contributed by atoms with Crippen LogP contribution in [0.4, 0.5) is 19.0 Å². The zero-order valence-electron chi connectivity index (χ0n) is 25.1. The van der Waals surface area contributed by atoms with Crippen LogP contribution in [-0.4, -0.2) is 79.7 Å². The maximum absolute atomic E-state index is 16.9. The summed E-state index contributed by atoms with van der Waals surface area (Å²) in [4.78, 5) is 18.3. The maximum atomic E-state index is 16.9. The van der Waals surface area contributed by atoms with Crippen LogP contribution >= 0.6 is 0 Å². The smallest absolute Gasteiger partial charge is 0.319 e. The number of hydrogen-bond donors (Lipinski definition) is 2. The number of aromatic hydroxyl groups is 1. The molecule has 2 N–H and O–H groups in total. The zero-order chi connectivity index (χ0) is 31.0. The van der Waals surface area contributed by atoms with E-state index in [0.717, 1.165) is 32.2 Å². The number of pyridine rings is 1. The summed E-state index contributed by atoms with van der Waals surface area (Å²) in [7, 11) is 0. The van der Waals surface area contributed by atoms with Gasteiger partial charge >= 0.3 is 6.01 Å². The molecule has 4 aromatic rings.